The van der Waals surface area contributed by atoms with Gasteiger partial charge in [0.1, 0.15) is 0 Å². The van der Waals surface area contributed by atoms with Crippen molar-refractivity contribution in [1.82, 2.24) is 14.9 Å². The van der Waals surface area contributed by atoms with Gasteiger partial charge in [-0.3, -0.25) is 4.79 Å². The van der Waals surface area contributed by atoms with Crippen LogP contribution >= 0.6 is 15.9 Å². The molecule has 100 valence electrons. The van der Waals surface area contributed by atoms with E-state index in [-0.39, 0.29) is 11.9 Å². The van der Waals surface area contributed by atoms with E-state index in [4.69, 9.17) is 5.73 Å². The predicted molar refractivity (Wildman–Crippen MR) is 77.7 cm³/mol. The number of amides is 1. The van der Waals surface area contributed by atoms with Crippen LogP contribution in [0.5, 0.6) is 0 Å². The Balaban J connectivity index is 2.00. The number of nitrogens with two attached hydrogens (primary N) is 1. The van der Waals surface area contributed by atoms with E-state index in [9.17, 15) is 4.79 Å². The molecule has 0 saturated heterocycles. The standard InChI is InChI=1S/C13H15BrN4O/c1-9(7-18-3-2-16-8-18)17-13(19)10-4-11(14)6-12(15)5-10/h2-6,8-9H,7,15H2,1H3,(H,17,19). The van der Waals surface area contributed by atoms with Gasteiger partial charge in [-0.25, -0.2) is 4.98 Å². The first kappa shape index (κ1) is 13.6. The van der Waals surface area contributed by atoms with Gasteiger partial charge in [0.2, 0.25) is 0 Å². The number of hydrogen-bond donors (Lipinski definition) is 2. The molecule has 0 spiro atoms. The molecule has 0 fully saturated rings. The minimum atomic E-state index is -0.138. The molecule has 2 rings (SSSR count). The zero-order valence-corrected chi connectivity index (χ0v) is 12.1. The number of rotatable bonds is 4. The summed E-state index contributed by atoms with van der Waals surface area (Å²) in [6, 6.07) is 5.16. The third-order valence-electron chi connectivity index (χ3n) is 2.60. The Morgan fingerprint density at radius 1 is 1.53 bits per heavy atom. The van der Waals surface area contributed by atoms with Gasteiger partial charge in [-0.2, -0.15) is 0 Å². The summed E-state index contributed by atoms with van der Waals surface area (Å²) < 4.78 is 2.71. The van der Waals surface area contributed by atoms with Crippen LogP contribution in [0.4, 0.5) is 5.69 Å². The molecule has 1 atom stereocenters. The number of carbonyl (C=O) groups is 1. The normalized spacial score (nSPS) is 12.1. The molecule has 1 unspecified atom stereocenters. The van der Waals surface area contributed by atoms with E-state index >= 15 is 0 Å². The third-order valence-corrected chi connectivity index (χ3v) is 3.06. The number of nitrogens with zero attached hydrogens (tertiary/aromatic N) is 2. The van der Waals surface area contributed by atoms with Crippen molar-refractivity contribution in [2.24, 2.45) is 0 Å². The highest BCUT2D eigenvalue weighted by atomic mass is 79.9. The van der Waals surface area contributed by atoms with E-state index in [0.717, 1.165) is 4.47 Å². The lowest BCUT2D eigenvalue weighted by Crippen LogP contribution is -2.35. The summed E-state index contributed by atoms with van der Waals surface area (Å²) in [4.78, 5) is 16.0. The van der Waals surface area contributed by atoms with Crippen LogP contribution in [0.15, 0.2) is 41.4 Å². The zero-order valence-electron chi connectivity index (χ0n) is 10.5. The molecule has 0 aliphatic rings. The number of nitrogens with one attached hydrogen (secondary N) is 1. The molecule has 0 radical (unpaired) electrons. The molecule has 0 bridgehead atoms. The number of benzene rings is 1. The maximum Gasteiger partial charge on any atom is 0.251 e. The Hall–Kier alpha value is -1.82. The highest BCUT2D eigenvalue weighted by Crippen LogP contribution is 2.17. The molecule has 0 saturated carbocycles. The largest absolute Gasteiger partial charge is 0.399 e. The van der Waals surface area contributed by atoms with Crippen molar-refractivity contribution in [3.8, 4) is 0 Å². The molecule has 2 aromatic rings. The topological polar surface area (TPSA) is 72.9 Å². The smallest absolute Gasteiger partial charge is 0.251 e. The molecule has 1 aromatic carbocycles. The van der Waals surface area contributed by atoms with Crippen molar-refractivity contribution in [2.75, 3.05) is 5.73 Å². The average molecular weight is 323 g/mol. The molecule has 19 heavy (non-hydrogen) atoms. The number of halogens is 1. The first-order valence-corrected chi connectivity index (χ1v) is 6.66. The van der Waals surface area contributed by atoms with Crippen molar-refractivity contribution in [2.45, 2.75) is 19.5 Å². The van der Waals surface area contributed by atoms with Crippen LogP contribution in [0.2, 0.25) is 0 Å². The second-order valence-electron chi connectivity index (χ2n) is 4.41. The van der Waals surface area contributed by atoms with Crippen molar-refractivity contribution in [3.63, 3.8) is 0 Å². The van der Waals surface area contributed by atoms with Gasteiger partial charge in [0, 0.05) is 40.7 Å². The Kier molecular flexibility index (Phi) is 4.21. The Bertz CT molecular complexity index is 548. The van der Waals surface area contributed by atoms with Gasteiger partial charge in [0.05, 0.1) is 6.33 Å². The van der Waals surface area contributed by atoms with Crippen molar-refractivity contribution < 1.29 is 4.79 Å². The fourth-order valence-electron chi connectivity index (χ4n) is 1.81. The van der Waals surface area contributed by atoms with Crippen molar-refractivity contribution in [1.29, 1.82) is 0 Å². The number of carbonyl (C=O) groups excluding carboxylic acids is 1. The first-order valence-electron chi connectivity index (χ1n) is 5.87. The van der Waals surface area contributed by atoms with Gasteiger partial charge in [-0.05, 0) is 25.1 Å². The van der Waals surface area contributed by atoms with Gasteiger partial charge in [0.15, 0.2) is 0 Å². The fourth-order valence-corrected chi connectivity index (χ4v) is 2.32. The Labute approximate surface area is 120 Å². The third kappa shape index (κ3) is 3.82. The lowest BCUT2D eigenvalue weighted by molar-refractivity contribution is 0.0936. The van der Waals surface area contributed by atoms with Crippen LogP contribution in [-0.4, -0.2) is 21.5 Å². The highest BCUT2D eigenvalue weighted by molar-refractivity contribution is 9.10. The minimum Gasteiger partial charge on any atom is -0.399 e. The number of hydrogen-bond acceptors (Lipinski definition) is 3. The molecule has 3 N–H and O–H groups in total. The molecule has 6 heteroatoms. The highest BCUT2D eigenvalue weighted by Gasteiger charge is 2.11. The molecule has 1 amide bonds. The number of aromatic nitrogens is 2. The zero-order chi connectivity index (χ0) is 13.8. The summed E-state index contributed by atoms with van der Waals surface area (Å²) in [6.07, 6.45) is 5.29. The SMILES string of the molecule is CC(Cn1ccnc1)NC(=O)c1cc(N)cc(Br)c1. The Morgan fingerprint density at radius 3 is 2.95 bits per heavy atom. The quantitative estimate of drug-likeness (QED) is 0.846. The van der Waals surface area contributed by atoms with Crippen LogP contribution < -0.4 is 11.1 Å². The fraction of sp³-hybridized carbons (Fsp3) is 0.231. The molecule has 5 nitrogen and oxygen atoms in total. The molecular formula is C13H15BrN4O. The van der Waals surface area contributed by atoms with Crippen molar-refractivity contribution in [3.05, 3.63) is 47.0 Å². The molecule has 1 aromatic heterocycles. The van der Waals surface area contributed by atoms with E-state index in [0.29, 0.717) is 17.8 Å². The second kappa shape index (κ2) is 5.88. The molecule has 1 heterocycles. The molecule has 0 aliphatic heterocycles. The molecular weight excluding hydrogens is 308 g/mol. The van der Waals surface area contributed by atoms with Crippen LogP contribution in [0.3, 0.4) is 0 Å². The van der Waals surface area contributed by atoms with Gasteiger partial charge in [-0.15, -0.1) is 0 Å². The Morgan fingerprint density at radius 2 is 2.32 bits per heavy atom. The van der Waals surface area contributed by atoms with Crippen LogP contribution in [-0.2, 0) is 6.54 Å². The maximum absolute atomic E-state index is 12.1. The average Bonchev–Trinajstić information content (AvgIpc) is 2.80. The summed E-state index contributed by atoms with van der Waals surface area (Å²) in [6.45, 7) is 2.62. The van der Waals surface area contributed by atoms with Gasteiger partial charge >= 0.3 is 0 Å². The summed E-state index contributed by atoms with van der Waals surface area (Å²) in [5.74, 6) is -0.138. The summed E-state index contributed by atoms with van der Waals surface area (Å²) in [5, 5.41) is 2.92. The van der Waals surface area contributed by atoms with Crippen LogP contribution in [0.1, 0.15) is 17.3 Å². The number of imidazole rings is 1. The van der Waals surface area contributed by atoms with Gasteiger partial charge in [-0.1, -0.05) is 15.9 Å². The summed E-state index contributed by atoms with van der Waals surface area (Å²) in [5.41, 5.74) is 6.82. The predicted octanol–water partition coefficient (Wildman–Crippen LogP) is 2.05. The van der Waals surface area contributed by atoms with Gasteiger partial charge < -0.3 is 15.6 Å². The summed E-state index contributed by atoms with van der Waals surface area (Å²) in [7, 11) is 0. The monoisotopic (exact) mass is 322 g/mol. The maximum atomic E-state index is 12.1. The van der Waals surface area contributed by atoms with Crippen LogP contribution in [0, 0.1) is 0 Å². The first-order chi connectivity index (χ1) is 9.04. The lowest BCUT2D eigenvalue weighted by atomic mass is 10.2. The van der Waals surface area contributed by atoms with Crippen LogP contribution in [0.25, 0.3) is 0 Å². The van der Waals surface area contributed by atoms with E-state index < -0.39 is 0 Å². The second-order valence-corrected chi connectivity index (χ2v) is 5.32. The lowest BCUT2D eigenvalue weighted by Gasteiger charge is -2.14. The number of anilines is 1. The number of nitrogen functional groups attached to an aromatic ring is 1. The van der Waals surface area contributed by atoms with Gasteiger partial charge in [0.25, 0.3) is 5.91 Å². The minimum absolute atomic E-state index is 0.00176. The van der Waals surface area contributed by atoms with E-state index in [1.54, 1.807) is 30.7 Å². The van der Waals surface area contributed by atoms with E-state index in [1.807, 2.05) is 17.7 Å². The van der Waals surface area contributed by atoms with E-state index in [2.05, 4.69) is 26.2 Å². The molecule has 0 aliphatic carbocycles. The van der Waals surface area contributed by atoms with E-state index in [1.165, 1.54) is 0 Å². The van der Waals surface area contributed by atoms with Crippen molar-refractivity contribution >= 4 is 27.5 Å². The summed E-state index contributed by atoms with van der Waals surface area (Å²) >= 11 is 3.32.